The Balaban J connectivity index is 3.27. The van der Waals surface area contributed by atoms with E-state index in [1.807, 2.05) is 12.1 Å². The van der Waals surface area contributed by atoms with Crippen LogP contribution in [0.5, 0.6) is 11.5 Å². The molecule has 0 spiro atoms. The Hall–Kier alpha value is -1.18. The van der Waals surface area contributed by atoms with Crippen molar-refractivity contribution in [2.75, 3.05) is 0 Å². The Kier molecular flexibility index (Phi) is 5.02. The van der Waals surface area contributed by atoms with Gasteiger partial charge in [-0.15, -0.1) is 0 Å². The molecule has 120 valence electrons. The molecule has 2 heteroatoms. The molecule has 0 heterocycles. The summed E-state index contributed by atoms with van der Waals surface area (Å²) in [6.07, 6.45) is 1.05. The molecule has 1 rings (SSSR count). The van der Waals surface area contributed by atoms with Crippen molar-refractivity contribution in [3.05, 3.63) is 23.8 Å². The van der Waals surface area contributed by atoms with E-state index in [2.05, 4.69) is 68.4 Å². The molecule has 0 unspecified atom stereocenters. The predicted molar refractivity (Wildman–Crippen MR) is 90.5 cm³/mol. The molecule has 0 saturated carbocycles. The summed E-state index contributed by atoms with van der Waals surface area (Å²) < 4.78 is 12.2. The van der Waals surface area contributed by atoms with Gasteiger partial charge in [0.15, 0.2) is 0 Å². The molecule has 21 heavy (non-hydrogen) atoms. The quantitative estimate of drug-likeness (QED) is 0.705. The van der Waals surface area contributed by atoms with Crippen molar-refractivity contribution in [1.82, 2.24) is 0 Å². The highest BCUT2D eigenvalue weighted by atomic mass is 16.5. The van der Waals surface area contributed by atoms with Crippen molar-refractivity contribution < 1.29 is 9.47 Å². The third-order valence-electron chi connectivity index (χ3n) is 3.40. The third kappa shape index (κ3) is 5.61. The van der Waals surface area contributed by atoms with Crippen LogP contribution in [0.1, 0.15) is 74.3 Å². The lowest BCUT2D eigenvalue weighted by atomic mass is 9.81. The van der Waals surface area contributed by atoms with E-state index in [4.69, 9.17) is 9.47 Å². The summed E-state index contributed by atoms with van der Waals surface area (Å²) in [4.78, 5) is 0. The zero-order chi connectivity index (χ0) is 16.5. The molecule has 2 nitrogen and oxygen atoms in total. The summed E-state index contributed by atoms with van der Waals surface area (Å²) in [6, 6.07) is 6.18. The van der Waals surface area contributed by atoms with E-state index >= 15 is 0 Å². The van der Waals surface area contributed by atoms with E-state index in [0.717, 1.165) is 17.9 Å². The summed E-state index contributed by atoms with van der Waals surface area (Å²) in [5.74, 6) is 1.86. The molecule has 0 aliphatic heterocycles. The van der Waals surface area contributed by atoms with Crippen LogP contribution in [0.3, 0.4) is 0 Å². The number of benzene rings is 1. The van der Waals surface area contributed by atoms with Crippen molar-refractivity contribution in [3.63, 3.8) is 0 Å². The molecule has 0 fully saturated rings. The molecule has 0 bridgehead atoms. The van der Waals surface area contributed by atoms with Crippen molar-refractivity contribution in [2.24, 2.45) is 0 Å². The van der Waals surface area contributed by atoms with Crippen molar-refractivity contribution in [1.29, 1.82) is 0 Å². The van der Waals surface area contributed by atoms with Crippen LogP contribution in [0.4, 0.5) is 0 Å². The van der Waals surface area contributed by atoms with Crippen LogP contribution in [-0.2, 0) is 5.41 Å². The first-order chi connectivity index (χ1) is 9.34. The van der Waals surface area contributed by atoms with Crippen LogP contribution in [0.15, 0.2) is 18.2 Å². The highest BCUT2D eigenvalue weighted by Gasteiger charge is 2.26. The van der Waals surface area contributed by atoms with Crippen LogP contribution < -0.4 is 9.47 Å². The molecule has 1 aromatic rings. The van der Waals surface area contributed by atoms with E-state index in [-0.39, 0.29) is 16.6 Å². The van der Waals surface area contributed by atoms with Crippen LogP contribution in [-0.4, -0.2) is 11.2 Å². The largest absolute Gasteiger partial charge is 0.488 e. The van der Waals surface area contributed by atoms with E-state index < -0.39 is 0 Å². The first-order valence-corrected chi connectivity index (χ1v) is 7.87. The SMILES string of the molecule is CCC(C)(C)c1cc(OC(C)(C)C)ccc1OC(C)(C)C. The molecule has 0 aliphatic rings. The van der Waals surface area contributed by atoms with Crippen LogP contribution >= 0.6 is 0 Å². The highest BCUT2D eigenvalue weighted by Crippen LogP contribution is 2.38. The van der Waals surface area contributed by atoms with Gasteiger partial charge < -0.3 is 9.47 Å². The summed E-state index contributed by atoms with van der Waals surface area (Å²) in [6.45, 7) is 19.1. The molecule has 0 aromatic heterocycles. The Morgan fingerprint density at radius 3 is 1.76 bits per heavy atom. The normalized spacial score (nSPS) is 13.2. The van der Waals surface area contributed by atoms with Crippen molar-refractivity contribution >= 4 is 0 Å². The summed E-state index contributed by atoms with van der Waals surface area (Å²) in [7, 11) is 0. The fraction of sp³-hybridized carbons (Fsp3) is 0.684. The summed E-state index contributed by atoms with van der Waals surface area (Å²) >= 11 is 0. The van der Waals surface area contributed by atoms with Crippen LogP contribution in [0.25, 0.3) is 0 Å². The first-order valence-electron chi connectivity index (χ1n) is 7.87. The minimum atomic E-state index is -0.203. The van der Waals surface area contributed by atoms with Gasteiger partial charge in [0.1, 0.15) is 22.7 Å². The topological polar surface area (TPSA) is 18.5 Å². The molecule has 0 atom stereocenters. The Bertz CT molecular complexity index is 473. The second-order valence-corrected chi connectivity index (χ2v) is 8.32. The maximum atomic E-state index is 6.15. The zero-order valence-electron chi connectivity index (χ0n) is 15.3. The number of hydrogen-bond donors (Lipinski definition) is 0. The van der Waals surface area contributed by atoms with E-state index in [1.54, 1.807) is 0 Å². The molecular formula is C19H32O2. The lowest BCUT2D eigenvalue weighted by Crippen LogP contribution is -2.27. The van der Waals surface area contributed by atoms with Gasteiger partial charge in [-0.3, -0.25) is 0 Å². The van der Waals surface area contributed by atoms with Gasteiger partial charge in [0.25, 0.3) is 0 Å². The van der Waals surface area contributed by atoms with Crippen LogP contribution in [0.2, 0.25) is 0 Å². The fourth-order valence-electron chi connectivity index (χ4n) is 2.06. The fourth-order valence-corrected chi connectivity index (χ4v) is 2.06. The summed E-state index contributed by atoms with van der Waals surface area (Å²) in [5.41, 5.74) is 0.865. The monoisotopic (exact) mass is 292 g/mol. The third-order valence-corrected chi connectivity index (χ3v) is 3.40. The summed E-state index contributed by atoms with van der Waals surface area (Å²) in [5, 5.41) is 0. The van der Waals surface area contributed by atoms with Crippen molar-refractivity contribution in [2.45, 2.75) is 85.4 Å². The van der Waals surface area contributed by atoms with Gasteiger partial charge in [-0.05, 0) is 71.6 Å². The van der Waals surface area contributed by atoms with E-state index in [9.17, 15) is 0 Å². The lowest BCUT2D eigenvalue weighted by molar-refractivity contribution is 0.122. The minimum Gasteiger partial charge on any atom is -0.488 e. The van der Waals surface area contributed by atoms with Gasteiger partial charge in [0.2, 0.25) is 0 Å². The second-order valence-electron chi connectivity index (χ2n) is 8.32. The van der Waals surface area contributed by atoms with Gasteiger partial charge in [-0.2, -0.15) is 0 Å². The number of ether oxygens (including phenoxy) is 2. The Morgan fingerprint density at radius 1 is 0.810 bits per heavy atom. The molecule has 1 aromatic carbocycles. The lowest BCUT2D eigenvalue weighted by Gasteiger charge is -2.31. The smallest absolute Gasteiger partial charge is 0.124 e. The van der Waals surface area contributed by atoms with E-state index in [0.29, 0.717) is 0 Å². The van der Waals surface area contributed by atoms with Crippen molar-refractivity contribution in [3.8, 4) is 11.5 Å². The molecular weight excluding hydrogens is 260 g/mol. The maximum absolute atomic E-state index is 6.15. The molecule has 0 amide bonds. The molecule has 0 saturated heterocycles. The second kappa shape index (κ2) is 5.90. The average Bonchev–Trinajstić information content (AvgIpc) is 2.27. The predicted octanol–water partition coefficient (Wildman–Crippen LogP) is 5.73. The highest BCUT2D eigenvalue weighted by molar-refractivity contribution is 5.45. The maximum Gasteiger partial charge on any atom is 0.124 e. The number of hydrogen-bond acceptors (Lipinski definition) is 2. The molecule has 0 radical (unpaired) electrons. The molecule has 0 N–H and O–H groups in total. The van der Waals surface area contributed by atoms with Gasteiger partial charge >= 0.3 is 0 Å². The molecule has 0 aliphatic carbocycles. The number of rotatable bonds is 4. The van der Waals surface area contributed by atoms with Gasteiger partial charge in [-0.25, -0.2) is 0 Å². The van der Waals surface area contributed by atoms with E-state index in [1.165, 1.54) is 5.56 Å². The van der Waals surface area contributed by atoms with Gasteiger partial charge in [-0.1, -0.05) is 20.8 Å². The minimum absolute atomic E-state index is 0.0534. The van der Waals surface area contributed by atoms with Gasteiger partial charge in [0.05, 0.1) is 0 Å². The first kappa shape index (κ1) is 17.9. The Morgan fingerprint density at radius 2 is 1.33 bits per heavy atom. The van der Waals surface area contributed by atoms with Gasteiger partial charge in [0, 0.05) is 5.56 Å². The van der Waals surface area contributed by atoms with Crippen LogP contribution in [0, 0.1) is 0 Å². The average molecular weight is 292 g/mol. The zero-order valence-corrected chi connectivity index (χ0v) is 15.3. The standard InChI is InChI=1S/C19H32O2/c1-10-19(8,9)15-13-14(20-17(2,3)4)11-12-16(15)21-18(5,6)7/h11-13H,10H2,1-9H3. The Labute approximate surface area is 130 Å².